The van der Waals surface area contributed by atoms with Crippen LogP contribution in [0.5, 0.6) is 0 Å². The molecular weight excluding hydrogens is 264 g/mol. The number of amides is 1. The second-order valence-electron chi connectivity index (χ2n) is 5.45. The predicted molar refractivity (Wildman–Crippen MR) is 85.2 cm³/mol. The maximum absolute atomic E-state index is 12.1. The minimum Gasteiger partial charge on any atom is -0.456 e. The van der Waals surface area contributed by atoms with E-state index in [1.165, 1.54) is 0 Å². The Bertz CT molecular complexity index is 805. The van der Waals surface area contributed by atoms with Gasteiger partial charge in [-0.05, 0) is 31.2 Å². The molecule has 0 spiro atoms. The fourth-order valence-corrected chi connectivity index (χ4v) is 2.30. The van der Waals surface area contributed by atoms with Crippen LogP contribution in [0.2, 0.25) is 0 Å². The van der Waals surface area contributed by atoms with Crippen molar-refractivity contribution in [1.82, 2.24) is 0 Å². The summed E-state index contributed by atoms with van der Waals surface area (Å²) in [6, 6.07) is 13.3. The van der Waals surface area contributed by atoms with Gasteiger partial charge in [0.05, 0.1) is 5.92 Å². The summed E-state index contributed by atoms with van der Waals surface area (Å²) in [6.07, 6.45) is 0. The number of para-hydroxylation sites is 1. The number of rotatable bonds is 3. The van der Waals surface area contributed by atoms with Crippen molar-refractivity contribution in [3.8, 4) is 0 Å². The summed E-state index contributed by atoms with van der Waals surface area (Å²) in [5, 5.41) is 4.95. The Morgan fingerprint density at radius 1 is 1.10 bits per heavy atom. The minimum atomic E-state index is -0.234. The summed E-state index contributed by atoms with van der Waals surface area (Å²) in [6.45, 7) is 3.66. The normalized spacial score (nSPS) is 14.2. The molecule has 108 valence electrons. The lowest BCUT2D eigenvalue weighted by Crippen LogP contribution is -2.34. The van der Waals surface area contributed by atoms with Gasteiger partial charge in [-0.15, -0.1) is 0 Å². The van der Waals surface area contributed by atoms with Crippen LogP contribution in [0.4, 0.5) is 5.69 Å². The van der Waals surface area contributed by atoms with Gasteiger partial charge in [0.1, 0.15) is 11.2 Å². The zero-order chi connectivity index (χ0) is 15.0. The molecule has 0 radical (unpaired) electrons. The predicted octanol–water partition coefficient (Wildman–Crippen LogP) is 3.51. The van der Waals surface area contributed by atoms with Crippen LogP contribution < -0.4 is 11.1 Å². The molecule has 1 amide bonds. The molecule has 3 aromatic rings. The summed E-state index contributed by atoms with van der Waals surface area (Å²) < 4.78 is 5.77. The van der Waals surface area contributed by atoms with Crippen molar-refractivity contribution in [2.45, 2.75) is 19.9 Å². The van der Waals surface area contributed by atoms with E-state index in [1.807, 2.05) is 56.3 Å². The van der Waals surface area contributed by atoms with Crippen LogP contribution in [0.25, 0.3) is 21.9 Å². The molecule has 0 saturated heterocycles. The van der Waals surface area contributed by atoms with E-state index in [1.54, 1.807) is 0 Å². The number of benzene rings is 2. The Morgan fingerprint density at radius 3 is 2.57 bits per heavy atom. The Hall–Kier alpha value is -2.33. The lowest BCUT2D eigenvalue weighted by molar-refractivity contribution is -0.119. The average Bonchev–Trinajstić information content (AvgIpc) is 2.84. The summed E-state index contributed by atoms with van der Waals surface area (Å²) in [7, 11) is 0. The third-order valence-electron chi connectivity index (χ3n) is 3.85. The molecule has 2 aromatic carbocycles. The maximum atomic E-state index is 12.1. The lowest BCUT2D eigenvalue weighted by atomic mass is 10.0. The monoisotopic (exact) mass is 282 g/mol. The molecule has 21 heavy (non-hydrogen) atoms. The number of fused-ring (bicyclic) bond motifs is 3. The SMILES string of the molecule is CC(N)C(C)C(=O)Nc1ccc2oc3ccccc3c2c1. The van der Waals surface area contributed by atoms with Gasteiger partial charge < -0.3 is 15.5 Å². The van der Waals surface area contributed by atoms with E-state index < -0.39 is 0 Å². The van der Waals surface area contributed by atoms with Crippen LogP contribution in [0.1, 0.15) is 13.8 Å². The maximum Gasteiger partial charge on any atom is 0.228 e. The Balaban J connectivity index is 1.97. The van der Waals surface area contributed by atoms with Crippen molar-refractivity contribution in [2.75, 3.05) is 5.32 Å². The second kappa shape index (κ2) is 5.22. The van der Waals surface area contributed by atoms with Crippen LogP contribution in [0.15, 0.2) is 46.9 Å². The molecule has 0 bridgehead atoms. The number of nitrogens with two attached hydrogens (primary N) is 1. The van der Waals surface area contributed by atoms with Gasteiger partial charge in [-0.1, -0.05) is 25.1 Å². The van der Waals surface area contributed by atoms with Gasteiger partial charge in [0.15, 0.2) is 0 Å². The van der Waals surface area contributed by atoms with Crippen LogP contribution in [-0.4, -0.2) is 11.9 Å². The molecule has 4 nitrogen and oxygen atoms in total. The fourth-order valence-electron chi connectivity index (χ4n) is 2.30. The van der Waals surface area contributed by atoms with Crippen molar-refractivity contribution < 1.29 is 9.21 Å². The highest BCUT2D eigenvalue weighted by molar-refractivity contribution is 6.07. The standard InChI is InChI=1S/C17H18N2O2/c1-10(11(2)18)17(20)19-12-7-8-16-14(9-12)13-5-3-4-6-15(13)21-16/h3-11H,18H2,1-2H3,(H,19,20). The molecule has 0 fully saturated rings. The summed E-state index contributed by atoms with van der Waals surface area (Å²) in [5.41, 5.74) is 8.18. The molecule has 0 aliphatic carbocycles. The average molecular weight is 282 g/mol. The number of nitrogens with one attached hydrogen (secondary N) is 1. The Kier molecular flexibility index (Phi) is 3.39. The highest BCUT2D eigenvalue weighted by atomic mass is 16.3. The third-order valence-corrected chi connectivity index (χ3v) is 3.85. The molecule has 3 rings (SSSR count). The molecule has 4 heteroatoms. The fraction of sp³-hybridized carbons (Fsp3) is 0.235. The van der Waals surface area contributed by atoms with Crippen LogP contribution >= 0.6 is 0 Å². The summed E-state index contributed by atoms with van der Waals surface area (Å²) in [5.74, 6) is -0.307. The quantitative estimate of drug-likeness (QED) is 0.772. The highest BCUT2D eigenvalue weighted by Gasteiger charge is 2.17. The van der Waals surface area contributed by atoms with Crippen molar-refractivity contribution >= 4 is 33.5 Å². The molecular formula is C17H18N2O2. The Labute approximate surface area is 122 Å². The number of carbonyl (C=O) groups is 1. The summed E-state index contributed by atoms with van der Waals surface area (Å²) >= 11 is 0. The van der Waals surface area contributed by atoms with E-state index in [-0.39, 0.29) is 17.9 Å². The second-order valence-corrected chi connectivity index (χ2v) is 5.45. The number of hydrogen-bond acceptors (Lipinski definition) is 3. The van der Waals surface area contributed by atoms with Crippen LogP contribution in [0.3, 0.4) is 0 Å². The van der Waals surface area contributed by atoms with Gasteiger partial charge >= 0.3 is 0 Å². The van der Waals surface area contributed by atoms with Crippen molar-refractivity contribution in [1.29, 1.82) is 0 Å². The van der Waals surface area contributed by atoms with E-state index >= 15 is 0 Å². The zero-order valence-corrected chi connectivity index (χ0v) is 12.1. The number of hydrogen-bond donors (Lipinski definition) is 2. The number of furan rings is 1. The lowest BCUT2D eigenvalue weighted by Gasteiger charge is -2.15. The van der Waals surface area contributed by atoms with Gasteiger partial charge in [-0.3, -0.25) is 4.79 Å². The van der Waals surface area contributed by atoms with Crippen molar-refractivity contribution in [3.05, 3.63) is 42.5 Å². The molecule has 2 unspecified atom stereocenters. The summed E-state index contributed by atoms with van der Waals surface area (Å²) in [4.78, 5) is 12.1. The van der Waals surface area contributed by atoms with Crippen LogP contribution in [-0.2, 0) is 4.79 Å². The van der Waals surface area contributed by atoms with Gasteiger partial charge in [-0.2, -0.15) is 0 Å². The zero-order valence-electron chi connectivity index (χ0n) is 12.1. The highest BCUT2D eigenvalue weighted by Crippen LogP contribution is 2.30. The van der Waals surface area contributed by atoms with Crippen molar-refractivity contribution in [2.24, 2.45) is 11.7 Å². The molecule has 2 atom stereocenters. The minimum absolute atomic E-state index is 0.0721. The molecule has 3 N–H and O–H groups in total. The molecule has 1 heterocycles. The van der Waals surface area contributed by atoms with E-state index in [4.69, 9.17) is 10.2 Å². The molecule has 0 saturated carbocycles. The van der Waals surface area contributed by atoms with Gasteiger partial charge in [0.2, 0.25) is 5.91 Å². The van der Waals surface area contributed by atoms with Gasteiger partial charge in [-0.25, -0.2) is 0 Å². The number of anilines is 1. The third kappa shape index (κ3) is 2.50. The topological polar surface area (TPSA) is 68.3 Å². The van der Waals surface area contributed by atoms with Gasteiger partial charge in [0, 0.05) is 22.5 Å². The first-order valence-electron chi connectivity index (χ1n) is 7.04. The molecule has 1 aromatic heterocycles. The Morgan fingerprint density at radius 2 is 1.81 bits per heavy atom. The first-order valence-corrected chi connectivity index (χ1v) is 7.04. The van der Waals surface area contributed by atoms with E-state index in [2.05, 4.69) is 5.32 Å². The largest absolute Gasteiger partial charge is 0.456 e. The molecule has 0 aliphatic rings. The molecule has 0 aliphatic heterocycles. The first-order chi connectivity index (χ1) is 10.1. The van der Waals surface area contributed by atoms with E-state index in [9.17, 15) is 4.79 Å². The van der Waals surface area contributed by atoms with E-state index in [0.717, 1.165) is 27.6 Å². The van der Waals surface area contributed by atoms with E-state index in [0.29, 0.717) is 0 Å². The smallest absolute Gasteiger partial charge is 0.228 e. The van der Waals surface area contributed by atoms with Gasteiger partial charge in [0.25, 0.3) is 0 Å². The van der Waals surface area contributed by atoms with Crippen molar-refractivity contribution in [3.63, 3.8) is 0 Å². The first kappa shape index (κ1) is 13.6. The number of carbonyl (C=O) groups excluding carboxylic acids is 1. The van der Waals surface area contributed by atoms with Crippen LogP contribution in [0, 0.1) is 5.92 Å².